The Morgan fingerprint density at radius 2 is 2.12 bits per heavy atom. The second-order valence-corrected chi connectivity index (χ2v) is 4.07. The van der Waals surface area contributed by atoms with E-state index in [0.717, 1.165) is 22.7 Å². The lowest BCUT2D eigenvalue weighted by Gasteiger charge is -2.02. The average Bonchev–Trinajstić information content (AvgIpc) is 2.69. The minimum Gasteiger partial charge on any atom is -0.381 e. The Morgan fingerprint density at radius 1 is 1.35 bits per heavy atom. The van der Waals surface area contributed by atoms with Gasteiger partial charge in [-0.2, -0.15) is 10.4 Å². The molecule has 1 heterocycles. The van der Waals surface area contributed by atoms with Gasteiger partial charge in [-0.1, -0.05) is 29.8 Å². The summed E-state index contributed by atoms with van der Waals surface area (Å²) in [6, 6.07) is 9.69. The van der Waals surface area contributed by atoms with Crippen LogP contribution >= 0.6 is 11.6 Å². The second kappa shape index (κ2) is 4.89. The number of benzene rings is 1. The van der Waals surface area contributed by atoms with Crippen molar-refractivity contribution < 1.29 is 0 Å². The van der Waals surface area contributed by atoms with Crippen molar-refractivity contribution in [3.05, 3.63) is 46.1 Å². The molecule has 2 rings (SSSR count). The number of nitrogen functional groups attached to an aromatic ring is 1. The van der Waals surface area contributed by atoms with Gasteiger partial charge >= 0.3 is 0 Å². The molecule has 17 heavy (non-hydrogen) atoms. The number of H-pyrrole nitrogens is 1. The molecule has 0 radical (unpaired) electrons. The van der Waals surface area contributed by atoms with Gasteiger partial charge in [-0.3, -0.25) is 5.10 Å². The number of aryl methyl sites for hydroxylation is 2. The molecule has 0 saturated carbocycles. The van der Waals surface area contributed by atoms with Crippen LogP contribution in [0.3, 0.4) is 0 Å². The number of hydrogen-bond donors (Lipinski definition) is 2. The molecule has 0 bridgehead atoms. The number of aromatic nitrogens is 2. The summed E-state index contributed by atoms with van der Waals surface area (Å²) in [5, 5.41) is 16.3. The first-order chi connectivity index (χ1) is 8.22. The Balaban J connectivity index is 2.13. The summed E-state index contributed by atoms with van der Waals surface area (Å²) < 4.78 is 0. The molecular weight excluding hydrogens is 236 g/mol. The molecule has 0 amide bonds. The van der Waals surface area contributed by atoms with E-state index in [1.807, 2.05) is 30.3 Å². The van der Waals surface area contributed by atoms with Gasteiger partial charge in [0.05, 0.1) is 5.69 Å². The summed E-state index contributed by atoms with van der Waals surface area (Å²) in [4.78, 5) is 0. The third kappa shape index (κ3) is 2.40. The van der Waals surface area contributed by atoms with Crippen molar-refractivity contribution in [1.82, 2.24) is 10.2 Å². The van der Waals surface area contributed by atoms with Crippen molar-refractivity contribution in [2.75, 3.05) is 5.73 Å². The van der Waals surface area contributed by atoms with Crippen molar-refractivity contribution >= 4 is 17.4 Å². The lowest BCUT2D eigenvalue weighted by Crippen LogP contribution is -1.95. The van der Waals surface area contributed by atoms with Gasteiger partial charge in [-0.25, -0.2) is 0 Å². The van der Waals surface area contributed by atoms with Crippen molar-refractivity contribution in [1.29, 1.82) is 5.26 Å². The summed E-state index contributed by atoms with van der Waals surface area (Å²) in [6.45, 7) is 0. The molecule has 86 valence electrons. The van der Waals surface area contributed by atoms with Crippen LogP contribution in [-0.2, 0) is 12.8 Å². The average molecular weight is 247 g/mol. The van der Waals surface area contributed by atoms with E-state index < -0.39 is 0 Å². The number of nitrogens with two attached hydrogens (primary N) is 1. The van der Waals surface area contributed by atoms with E-state index in [9.17, 15) is 0 Å². The highest BCUT2D eigenvalue weighted by molar-refractivity contribution is 6.31. The van der Waals surface area contributed by atoms with Crippen molar-refractivity contribution in [2.24, 2.45) is 0 Å². The summed E-state index contributed by atoms with van der Waals surface area (Å²) >= 11 is 6.05. The van der Waals surface area contributed by atoms with Gasteiger partial charge in [0.25, 0.3) is 0 Å². The maximum Gasteiger partial charge on any atom is 0.163 e. The van der Waals surface area contributed by atoms with Crippen LogP contribution < -0.4 is 5.73 Å². The third-order valence-corrected chi connectivity index (χ3v) is 2.95. The van der Waals surface area contributed by atoms with Gasteiger partial charge in [0, 0.05) is 5.02 Å². The molecule has 0 spiro atoms. The van der Waals surface area contributed by atoms with E-state index in [0.29, 0.717) is 12.0 Å². The largest absolute Gasteiger partial charge is 0.381 e. The number of hydrogen-bond acceptors (Lipinski definition) is 3. The maximum absolute atomic E-state index is 8.92. The molecule has 1 aromatic carbocycles. The monoisotopic (exact) mass is 246 g/mol. The Morgan fingerprint density at radius 3 is 2.82 bits per heavy atom. The van der Waals surface area contributed by atoms with Crippen molar-refractivity contribution in [3.8, 4) is 6.07 Å². The van der Waals surface area contributed by atoms with E-state index >= 15 is 0 Å². The molecule has 0 unspecified atom stereocenters. The topological polar surface area (TPSA) is 78.5 Å². The van der Waals surface area contributed by atoms with Crippen LogP contribution in [0.15, 0.2) is 24.3 Å². The minimum atomic E-state index is 0.252. The Bertz CT molecular complexity index is 568. The fourth-order valence-corrected chi connectivity index (χ4v) is 1.89. The van der Waals surface area contributed by atoms with Crippen molar-refractivity contribution in [3.63, 3.8) is 0 Å². The molecule has 0 saturated heterocycles. The van der Waals surface area contributed by atoms with Gasteiger partial charge in [-0.15, -0.1) is 0 Å². The van der Waals surface area contributed by atoms with E-state index in [2.05, 4.69) is 10.2 Å². The smallest absolute Gasteiger partial charge is 0.163 e. The predicted molar refractivity (Wildman–Crippen MR) is 66.6 cm³/mol. The molecule has 0 aliphatic rings. The number of nitrogens with one attached hydrogen (secondary N) is 1. The third-order valence-electron chi connectivity index (χ3n) is 2.58. The quantitative estimate of drug-likeness (QED) is 0.872. The molecule has 0 aliphatic heterocycles. The number of halogens is 1. The van der Waals surface area contributed by atoms with E-state index in [-0.39, 0.29) is 5.82 Å². The number of aromatic amines is 1. The molecule has 0 aliphatic carbocycles. The van der Waals surface area contributed by atoms with Crippen LogP contribution in [0.2, 0.25) is 5.02 Å². The van der Waals surface area contributed by atoms with Crippen molar-refractivity contribution in [2.45, 2.75) is 12.8 Å². The number of nitriles is 1. The zero-order chi connectivity index (χ0) is 12.3. The predicted octanol–water partition coefficient (Wildman–Crippen LogP) is 2.30. The molecule has 4 nitrogen and oxygen atoms in total. The minimum absolute atomic E-state index is 0.252. The molecule has 3 N–H and O–H groups in total. The molecule has 0 fully saturated rings. The lowest BCUT2D eigenvalue weighted by atomic mass is 10.1. The van der Waals surface area contributed by atoms with E-state index in [4.69, 9.17) is 22.6 Å². The normalized spacial score (nSPS) is 10.1. The standard InChI is InChI=1S/C12H11ClN4/c13-10-4-2-1-3-8(10)5-6-11-9(7-14)12(15)17-16-11/h1-4H,5-6H2,(H3,15,16,17). The maximum atomic E-state index is 8.92. The number of anilines is 1. The van der Waals surface area contributed by atoms with Gasteiger partial charge in [0.2, 0.25) is 0 Å². The molecule has 2 aromatic rings. The molecule has 5 heteroatoms. The van der Waals surface area contributed by atoms with Gasteiger partial charge in [0.15, 0.2) is 5.82 Å². The molecule has 0 atom stereocenters. The zero-order valence-electron chi connectivity index (χ0n) is 9.07. The number of nitrogens with zero attached hydrogens (tertiary/aromatic N) is 2. The Hall–Kier alpha value is -1.99. The van der Waals surface area contributed by atoms with Crippen LogP contribution in [0, 0.1) is 11.3 Å². The summed E-state index contributed by atoms with van der Waals surface area (Å²) in [6.07, 6.45) is 1.41. The number of rotatable bonds is 3. The van der Waals surface area contributed by atoms with E-state index in [1.54, 1.807) is 0 Å². The second-order valence-electron chi connectivity index (χ2n) is 3.67. The summed E-state index contributed by atoms with van der Waals surface area (Å²) in [7, 11) is 0. The Kier molecular flexibility index (Phi) is 3.31. The van der Waals surface area contributed by atoms with Gasteiger partial charge in [0.1, 0.15) is 11.6 Å². The van der Waals surface area contributed by atoms with Crippen LogP contribution in [0.5, 0.6) is 0 Å². The van der Waals surface area contributed by atoms with Crippen LogP contribution in [0.4, 0.5) is 5.82 Å². The van der Waals surface area contributed by atoms with E-state index in [1.165, 1.54) is 0 Å². The van der Waals surface area contributed by atoms with Crippen LogP contribution in [0.1, 0.15) is 16.8 Å². The zero-order valence-corrected chi connectivity index (χ0v) is 9.83. The lowest BCUT2D eigenvalue weighted by molar-refractivity contribution is 0.891. The summed E-state index contributed by atoms with van der Waals surface area (Å²) in [5.41, 5.74) is 7.79. The highest BCUT2D eigenvalue weighted by atomic mass is 35.5. The first-order valence-corrected chi connectivity index (χ1v) is 5.56. The molecule has 1 aromatic heterocycles. The first kappa shape index (κ1) is 11.5. The van der Waals surface area contributed by atoms with Crippen LogP contribution in [0.25, 0.3) is 0 Å². The SMILES string of the molecule is N#Cc1c(N)n[nH]c1CCc1ccccc1Cl. The highest BCUT2D eigenvalue weighted by Gasteiger charge is 2.10. The first-order valence-electron chi connectivity index (χ1n) is 5.18. The fourth-order valence-electron chi connectivity index (χ4n) is 1.66. The highest BCUT2D eigenvalue weighted by Crippen LogP contribution is 2.19. The summed E-state index contributed by atoms with van der Waals surface area (Å²) in [5.74, 6) is 0.252. The Labute approximate surface area is 104 Å². The van der Waals surface area contributed by atoms with Crippen LogP contribution in [-0.4, -0.2) is 10.2 Å². The fraction of sp³-hybridized carbons (Fsp3) is 0.167. The van der Waals surface area contributed by atoms with Gasteiger partial charge < -0.3 is 5.73 Å². The molecular formula is C12H11ClN4. The van der Waals surface area contributed by atoms with Gasteiger partial charge in [-0.05, 0) is 24.5 Å².